The fourth-order valence-electron chi connectivity index (χ4n) is 2.43. The van der Waals surface area contributed by atoms with Gasteiger partial charge in [-0.2, -0.15) is 0 Å². The second-order valence-electron chi connectivity index (χ2n) is 4.41. The second kappa shape index (κ2) is 3.74. The zero-order valence-corrected chi connectivity index (χ0v) is 9.59. The van der Waals surface area contributed by atoms with Crippen molar-refractivity contribution in [2.45, 2.75) is 19.2 Å². The Hall–Kier alpha value is -2.02. The lowest BCUT2D eigenvalue weighted by molar-refractivity contribution is -0.0752. The topological polar surface area (TPSA) is 98.8 Å². The van der Waals surface area contributed by atoms with Crippen molar-refractivity contribution in [1.29, 1.82) is 5.41 Å². The quantitative estimate of drug-likeness (QED) is 0.585. The number of fused-ring (bicyclic) bond motifs is 2. The number of ether oxygens (including phenoxy) is 1. The molecule has 0 amide bonds. The van der Waals surface area contributed by atoms with Crippen molar-refractivity contribution in [3.8, 4) is 11.5 Å². The minimum atomic E-state index is -0.845. The van der Waals surface area contributed by atoms with Crippen LogP contribution in [0.5, 0.6) is 11.5 Å². The number of rotatable bonds is 0. The van der Waals surface area contributed by atoms with Gasteiger partial charge in [-0.3, -0.25) is 10.2 Å². The van der Waals surface area contributed by atoms with E-state index in [0.717, 1.165) is 6.42 Å². The van der Waals surface area contributed by atoms with Crippen LogP contribution in [0.25, 0.3) is 0 Å². The molecule has 18 heavy (non-hydrogen) atoms. The van der Waals surface area contributed by atoms with Crippen molar-refractivity contribution < 1.29 is 14.9 Å². The molecule has 2 aliphatic rings. The molecule has 0 radical (unpaired) electrons. The Bertz CT molecular complexity index is 580. The van der Waals surface area contributed by atoms with Gasteiger partial charge in [0.1, 0.15) is 11.9 Å². The molecule has 1 fully saturated rings. The largest absolute Gasteiger partial charge is 0.503 e. The summed E-state index contributed by atoms with van der Waals surface area (Å²) in [5, 5.41) is 27.3. The maximum atomic E-state index is 11.5. The third-order valence-electron chi connectivity index (χ3n) is 3.30. The Morgan fingerprint density at radius 3 is 3.00 bits per heavy atom. The van der Waals surface area contributed by atoms with Crippen molar-refractivity contribution in [1.82, 2.24) is 9.47 Å². The number of hydrogen-bond acceptors (Lipinski definition) is 5. The lowest BCUT2D eigenvalue weighted by atomic mass is 10.1. The van der Waals surface area contributed by atoms with Crippen LogP contribution in [-0.2, 0) is 11.3 Å². The Morgan fingerprint density at radius 1 is 1.44 bits per heavy atom. The van der Waals surface area contributed by atoms with Crippen LogP contribution in [0.2, 0.25) is 0 Å². The molecule has 96 valence electrons. The average Bonchev–Trinajstić information content (AvgIpc) is 2.36. The van der Waals surface area contributed by atoms with Crippen LogP contribution in [-0.4, -0.2) is 44.9 Å². The van der Waals surface area contributed by atoms with E-state index in [4.69, 9.17) is 10.1 Å². The van der Waals surface area contributed by atoms with Gasteiger partial charge < -0.3 is 24.4 Å². The van der Waals surface area contributed by atoms with E-state index < -0.39 is 16.9 Å². The zero-order chi connectivity index (χ0) is 12.9. The van der Waals surface area contributed by atoms with Gasteiger partial charge in [0.25, 0.3) is 5.43 Å². The minimum Gasteiger partial charge on any atom is -0.503 e. The summed E-state index contributed by atoms with van der Waals surface area (Å²) < 4.78 is 7.03. The van der Waals surface area contributed by atoms with Crippen LogP contribution in [0.1, 0.15) is 12.1 Å². The molecular weight excluding hydrogens is 238 g/mol. The fourth-order valence-corrected chi connectivity index (χ4v) is 2.43. The number of hydrogen-bond donors (Lipinski definition) is 3. The van der Waals surface area contributed by atoms with E-state index in [0.29, 0.717) is 19.7 Å². The van der Waals surface area contributed by atoms with Crippen molar-refractivity contribution in [3.63, 3.8) is 0 Å². The molecule has 1 saturated heterocycles. The van der Waals surface area contributed by atoms with Gasteiger partial charge in [0.05, 0.1) is 19.3 Å². The molecule has 3 heterocycles. The molecule has 0 aliphatic carbocycles. The number of aromatic nitrogens is 1. The first-order valence-electron chi connectivity index (χ1n) is 5.72. The molecule has 3 rings (SSSR count). The summed E-state index contributed by atoms with van der Waals surface area (Å²) in [7, 11) is 0. The highest BCUT2D eigenvalue weighted by atomic mass is 16.5. The summed E-state index contributed by atoms with van der Waals surface area (Å²) in [6, 6.07) is 0. The highest BCUT2D eigenvalue weighted by Crippen LogP contribution is 2.27. The Morgan fingerprint density at radius 2 is 2.22 bits per heavy atom. The molecular formula is C11H13N3O4. The van der Waals surface area contributed by atoms with E-state index in [1.54, 1.807) is 4.90 Å². The van der Waals surface area contributed by atoms with Gasteiger partial charge in [0, 0.05) is 6.54 Å². The van der Waals surface area contributed by atoms with Crippen LogP contribution < -0.4 is 5.43 Å². The van der Waals surface area contributed by atoms with Crippen LogP contribution in [0.4, 0.5) is 0 Å². The van der Waals surface area contributed by atoms with Gasteiger partial charge in [-0.1, -0.05) is 0 Å². The van der Waals surface area contributed by atoms with Gasteiger partial charge in [-0.05, 0) is 6.42 Å². The lowest BCUT2D eigenvalue weighted by Gasteiger charge is -2.41. The number of pyridine rings is 1. The molecule has 1 unspecified atom stereocenters. The molecule has 0 bridgehead atoms. The normalized spacial score (nSPS) is 22.6. The smallest absolute Gasteiger partial charge is 0.265 e. The number of aromatic hydroxyl groups is 2. The fraction of sp³-hybridized carbons (Fsp3) is 0.455. The van der Waals surface area contributed by atoms with Crippen molar-refractivity contribution in [2.75, 3.05) is 13.2 Å². The first kappa shape index (κ1) is 11.1. The van der Waals surface area contributed by atoms with Crippen LogP contribution in [0.15, 0.2) is 11.0 Å². The summed E-state index contributed by atoms with van der Waals surface area (Å²) in [5.74, 6) is -1.04. The molecule has 0 aromatic carbocycles. The highest BCUT2D eigenvalue weighted by molar-refractivity contribution is 5.98. The van der Waals surface area contributed by atoms with Gasteiger partial charge in [0.15, 0.2) is 17.3 Å². The molecule has 1 aromatic rings. The van der Waals surface area contributed by atoms with Crippen molar-refractivity contribution in [2.24, 2.45) is 0 Å². The van der Waals surface area contributed by atoms with Crippen LogP contribution in [0, 0.1) is 5.41 Å². The summed E-state index contributed by atoms with van der Waals surface area (Å²) in [6.07, 6.45) is 1.77. The third kappa shape index (κ3) is 1.40. The Labute approximate surface area is 102 Å². The third-order valence-corrected chi connectivity index (χ3v) is 3.30. The maximum Gasteiger partial charge on any atom is 0.265 e. The van der Waals surface area contributed by atoms with E-state index in [1.165, 1.54) is 10.8 Å². The summed E-state index contributed by atoms with van der Waals surface area (Å²) in [4.78, 5) is 13.2. The average molecular weight is 251 g/mol. The Kier molecular flexibility index (Phi) is 2.30. The molecule has 0 saturated carbocycles. The van der Waals surface area contributed by atoms with Gasteiger partial charge in [0.2, 0.25) is 0 Å². The number of nitrogens with one attached hydrogen (secondary N) is 1. The maximum absolute atomic E-state index is 11.5. The number of amidine groups is 1. The lowest BCUT2D eigenvalue weighted by Crippen LogP contribution is -2.53. The predicted octanol–water partition coefficient (Wildman–Crippen LogP) is -0.353. The first-order valence-corrected chi connectivity index (χ1v) is 5.72. The van der Waals surface area contributed by atoms with E-state index in [9.17, 15) is 15.0 Å². The standard InChI is InChI=1S/C11H13N3O4/c12-11-8-10(17)9(16)6(15)4-13(8)5-7-14(11)2-1-3-18-7/h4,7,12,15,17H,1-3,5H2. The summed E-state index contributed by atoms with van der Waals surface area (Å²) >= 11 is 0. The summed E-state index contributed by atoms with van der Waals surface area (Å²) in [6.45, 7) is 1.67. The van der Waals surface area contributed by atoms with E-state index in [1.807, 2.05) is 0 Å². The predicted molar refractivity (Wildman–Crippen MR) is 61.9 cm³/mol. The van der Waals surface area contributed by atoms with Crippen molar-refractivity contribution >= 4 is 5.84 Å². The van der Waals surface area contributed by atoms with E-state index >= 15 is 0 Å². The van der Waals surface area contributed by atoms with E-state index in [2.05, 4.69) is 0 Å². The van der Waals surface area contributed by atoms with Crippen LogP contribution in [0.3, 0.4) is 0 Å². The summed E-state index contributed by atoms with van der Waals surface area (Å²) in [5.41, 5.74) is -0.707. The minimum absolute atomic E-state index is 0.0561. The SMILES string of the molecule is N=C1c2c(O)c(=O)c(O)cn2CC2OCCCN12. The second-order valence-corrected chi connectivity index (χ2v) is 4.41. The van der Waals surface area contributed by atoms with Gasteiger partial charge in [-0.15, -0.1) is 0 Å². The monoisotopic (exact) mass is 251 g/mol. The zero-order valence-electron chi connectivity index (χ0n) is 9.59. The molecule has 7 nitrogen and oxygen atoms in total. The molecule has 1 aromatic heterocycles. The van der Waals surface area contributed by atoms with Crippen LogP contribution >= 0.6 is 0 Å². The molecule has 2 aliphatic heterocycles. The Balaban J connectivity index is 2.16. The molecule has 7 heteroatoms. The number of nitrogens with zero attached hydrogens (tertiary/aromatic N) is 2. The van der Waals surface area contributed by atoms with Gasteiger partial charge >= 0.3 is 0 Å². The molecule has 0 spiro atoms. The highest BCUT2D eigenvalue weighted by Gasteiger charge is 2.35. The van der Waals surface area contributed by atoms with Gasteiger partial charge in [-0.25, -0.2) is 0 Å². The van der Waals surface area contributed by atoms with E-state index in [-0.39, 0.29) is 17.8 Å². The van der Waals surface area contributed by atoms with Crippen molar-refractivity contribution in [3.05, 3.63) is 22.1 Å². The molecule has 3 N–H and O–H groups in total. The first-order chi connectivity index (χ1) is 8.59. The molecule has 1 atom stereocenters.